The van der Waals surface area contributed by atoms with E-state index in [-0.39, 0.29) is 16.9 Å². The quantitative estimate of drug-likeness (QED) is 0.269. The van der Waals surface area contributed by atoms with Crippen molar-refractivity contribution in [3.8, 4) is 16.9 Å². The molecule has 0 amide bonds. The fourth-order valence-electron chi connectivity index (χ4n) is 3.73. The van der Waals surface area contributed by atoms with Crippen molar-refractivity contribution < 1.29 is 9.13 Å². The summed E-state index contributed by atoms with van der Waals surface area (Å²) in [6.07, 6.45) is 9.60. The Labute approximate surface area is 202 Å². The fraction of sp³-hybridized carbons (Fsp3) is 0.160. The van der Waals surface area contributed by atoms with Crippen LogP contribution in [0.3, 0.4) is 0 Å². The van der Waals surface area contributed by atoms with Crippen molar-refractivity contribution in [3.63, 3.8) is 0 Å². The first-order valence-corrected chi connectivity index (χ1v) is 10.8. The van der Waals surface area contributed by atoms with Gasteiger partial charge in [-0.05, 0) is 49.0 Å². The van der Waals surface area contributed by atoms with Crippen LogP contribution in [0.25, 0.3) is 28.1 Å². The number of nitrogens with two attached hydrogens (primary N) is 2. The van der Waals surface area contributed by atoms with E-state index in [0.29, 0.717) is 28.2 Å². The van der Waals surface area contributed by atoms with Crippen molar-refractivity contribution >= 4 is 34.2 Å². The highest BCUT2D eigenvalue weighted by Crippen LogP contribution is 2.38. The van der Waals surface area contributed by atoms with Crippen LogP contribution in [0.2, 0.25) is 0 Å². The second kappa shape index (κ2) is 9.72. The van der Waals surface area contributed by atoms with E-state index in [1.165, 1.54) is 18.6 Å². The minimum atomic E-state index is -0.545. The summed E-state index contributed by atoms with van der Waals surface area (Å²) in [6.45, 7) is 1.85. The van der Waals surface area contributed by atoms with Gasteiger partial charge in [-0.25, -0.2) is 14.4 Å². The van der Waals surface area contributed by atoms with Crippen LogP contribution in [0.15, 0.2) is 61.1 Å². The number of hydrogen-bond donors (Lipinski definition) is 3. The first-order valence-electron chi connectivity index (χ1n) is 10.8. The number of benzene rings is 2. The Hall–Kier alpha value is -4.60. The maximum atomic E-state index is 15.2. The van der Waals surface area contributed by atoms with Gasteiger partial charge in [-0.2, -0.15) is 5.10 Å². The summed E-state index contributed by atoms with van der Waals surface area (Å²) in [5.41, 5.74) is 14.4. The maximum absolute atomic E-state index is 15.2. The monoisotopic (exact) mass is 474 g/mol. The summed E-state index contributed by atoms with van der Waals surface area (Å²) >= 11 is 0. The Morgan fingerprint density at radius 1 is 1.20 bits per heavy atom. The lowest BCUT2D eigenvalue weighted by Gasteiger charge is -2.16. The molecule has 0 spiro atoms. The normalized spacial score (nSPS) is 11.9. The molecule has 0 unspecified atom stereocenters. The number of halogens is 1. The van der Waals surface area contributed by atoms with Crippen molar-refractivity contribution in [1.29, 1.82) is 0 Å². The van der Waals surface area contributed by atoms with Crippen LogP contribution in [-0.4, -0.2) is 38.7 Å². The number of nitrogens with one attached hydrogen (secondary N) is 1. The molecule has 0 saturated carbocycles. The summed E-state index contributed by atoms with van der Waals surface area (Å²) in [5, 5.41) is 7.94. The predicted molar refractivity (Wildman–Crippen MR) is 137 cm³/mol. The summed E-state index contributed by atoms with van der Waals surface area (Å²) in [7, 11) is 5.67. The van der Waals surface area contributed by atoms with Gasteiger partial charge in [0.2, 0.25) is 0 Å². The molecule has 0 radical (unpaired) electrons. The van der Waals surface area contributed by atoms with Gasteiger partial charge in [0.1, 0.15) is 23.7 Å². The zero-order valence-electron chi connectivity index (χ0n) is 20.0. The van der Waals surface area contributed by atoms with Crippen LogP contribution in [0, 0.1) is 5.82 Å². The molecule has 10 heteroatoms. The van der Waals surface area contributed by atoms with E-state index in [2.05, 4.69) is 20.4 Å². The van der Waals surface area contributed by atoms with Gasteiger partial charge in [0.25, 0.3) is 0 Å². The van der Waals surface area contributed by atoms with Gasteiger partial charge in [0, 0.05) is 50.4 Å². The minimum absolute atomic E-state index is 0.190. The zero-order valence-corrected chi connectivity index (χ0v) is 20.0. The lowest BCUT2D eigenvalue weighted by atomic mass is 10.1. The van der Waals surface area contributed by atoms with Gasteiger partial charge in [-0.15, -0.1) is 0 Å². The third kappa shape index (κ3) is 5.01. The zero-order chi connectivity index (χ0) is 25.1. The topological polar surface area (TPSA) is 120 Å². The second-order valence-corrected chi connectivity index (χ2v) is 8.21. The third-order valence-corrected chi connectivity index (χ3v) is 5.18. The number of fused-ring (bicyclic) bond motifs is 1. The number of aromatic nitrogens is 4. The van der Waals surface area contributed by atoms with Crippen molar-refractivity contribution in [2.24, 2.45) is 12.8 Å². The summed E-state index contributed by atoms with van der Waals surface area (Å²) in [4.78, 5) is 10.7. The number of rotatable bonds is 7. The molecular formula is C25H27FN8O. The number of anilines is 3. The molecule has 0 aliphatic heterocycles. The van der Waals surface area contributed by atoms with E-state index in [1.54, 1.807) is 23.0 Å². The fourth-order valence-corrected chi connectivity index (χ4v) is 3.73. The van der Waals surface area contributed by atoms with Crippen molar-refractivity contribution in [3.05, 3.63) is 72.5 Å². The van der Waals surface area contributed by atoms with Crippen LogP contribution in [0.5, 0.6) is 5.75 Å². The first kappa shape index (κ1) is 23.6. The lowest BCUT2D eigenvalue weighted by molar-refractivity contribution is 0.409. The van der Waals surface area contributed by atoms with Gasteiger partial charge in [-0.1, -0.05) is 0 Å². The van der Waals surface area contributed by atoms with Crippen LogP contribution in [0.1, 0.15) is 12.5 Å². The molecular weight excluding hydrogens is 447 g/mol. The molecule has 2 aromatic carbocycles. The van der Waals surface area contributed by atoms with E-state index in [9.17, 15) is 0 Å². The van der Waals surface area contributed by atoms with Gasteiger partial charge < -0.3 is 26.4 Å². The molecule has 0 atom stereocenters. The highest BCUT2D eigenvalue weighted by Gasteiger charge is 2.17. The lowest BCUT2D eigenvalue weighted by Crippen LogP contribution is -2.06. The smallest absolute Gasteiger partial charge is 0.156 e. The van der Waals surface area contributed by atoms with E-state index >= 15 is 4.39 Å². The molecule has 0 saturated heterocycles. The molecule has 180 valence electrons. The van der Waals surface area contributed by atoms with Crippen molar-refractivity contribution in [2.75, 3.05) is 25.1 Å². The molecule has 5 N–H and O–H groups in total. The SMILES string of the molecule is C/C(=C\N(C)C)Oc1cc(-c2cnn(C)c2)cc2ncnc(Nc3ccc(N)c(/C=C\N)c3F)c12. The molecule has 0 fully saturated rings. The number of aryl methyl sites for hydroxylation is 1. The van der Waals surface area contributed by atoms with Crippen molar-refractivity contribution in [1.82, 2.24) is 24.6 Å². The van der Waals surface area contributed by atoms with Gasteiger partial charge >= 0.3 is 0 Å². The van der Waals surface area contributed by atoms with Gasteiger partial charge in [-0.3, -0.25) is 4.68 Å². The molecule has 2 aromatic heterocycles. The van der Waals surface area contributed by atoms with E-state index < -0.39 is 5.82 Å². The van der Waals surface area contributed by atoms with Crippen LogP contribution < -0.4 is 21.5 Å². The molecule has 4 aromatic rings. The predicted octanol–water partition coefficient (Wildman–Crippen LogP) is 4.23. The number of ether oxygens (including phenoxy) is 1. The summed E-state index contributed by atoms with van der Waals surface area (Å²) in [6, 6.07) is 6.96. The Balaban J connectivity index is 1.88. The van der Waals surface area contributed by atoms with E-state index in [4.69, 9.17) is 16.2 Å². The van der Waals surface area contributed by atoms with Crippen molar-refractivity contribution in [2.45, 2.75) is 6.92 Å². The molecule has 0 aliphatic carbocycles. The third-order valence-electron chi connectivity index (χ3n) is 5.18. The molecule has 9 nitrogen and oxygen atoms in total. The van der Waals surface area contributed by atoms with Gasteiger partial charge in [0.05, 0.1) is 22.8 Å². The highest BCUT2D eigenvalue weighted by atomic mass is 19.1. The molecule has 2 heterocycles. The molecule has 0 aliphatic rings. The molecule has 4 rings (SSSR count). The Morgan fingerprint density at radius 2 is 2.00 bits per heavy atom. The average Bonchev–Trinajstić information content (AvgIpc) is 3.24. The standard InChI is InChI=1S/C25H27FN8O/c1-15(12-33(2)3)35-22-10-16(17-11-31-34(4)13-17)9-21-23(22)25(30-14-29-21)32-20-6-5-19(28)18(7-8-27)24(20)26/h5-14H,27-28H2,1-4H3,(H,29,30,32)/b8-7-,15-12+. The largest absolute Gasteiger partial charge is 0.460 e. The summed E-state index contributed by atoms with van der Waals surface area (Å²) < 4.78 is 23.2. The Bertz CT molecular complexity index is 1440. The number of nitrogens with zero attached hydrogens (tertiary/aromatic N) is 5. The van der Waals surface area contributed by atoms with Gasteiger partial charge in [0.15, 0.2) is 5.82 Å². The number of nitrogen functional groups attached to an aromatic ring is 1. The Kier molecular flexibility index (Phi) is 6.54. The maximum Gasteiger partial charge on any atom is 0.156 e. The summed E-state index contributed by atoms with van der Waals surface area (Å²) in [5.74, 6) is 1.00. The number of allylic oxidation sites excluding steroid dienone is 1. The van der Waals surface area contributed by atoms with Crippen LogP contribution in [0.4, 0.5) is 21.6 Å². The second-order valence-electron chi connectivity index (χ2n) is 8.21. The first-order chi connectivity index (χ1) is 16.8. The van der Waals surface area contributed by atoms with E-state index in [1.807, 2.05) is 57.5 Å². The molecule has 35 heavy (non-hydrogen) atoms. The Morgan fingerprint density at radius 3 is 2.69 bits per heavy atom. The molecule has 0 bridgehead atoms. The number of hydrogen-bond acceptors (Lipinski definition) is 8. The van der Waals surface area contributed by atoms with Crippen LogP contribution in [-0.2, 0) is 7.05 Å². The minimum Gasteiger partial charge on any atom is -0.460 e. The highest BCUT2D eigenvalue weighted by molar-refractivity contribution is 5.98. The van der Waals surface area contributed by atoms with Crippen LogP contribution >= 0.6 is 0 Å². The van der Waals surface area contributed by atoms with E-state index in [0.717, 1.165) is 11.1 Å². The average molecular weight is 475 g/mol.